The van der Waals surface area contributed by atoms with Gasteiger partial charge in [-0.1, -0.05) is 12.1 Å². The lowest BCUT2D eigenvalue weighted by molar-refractivity contribution is -0.922. The van der Waals surface area contributed by atoms with Crippen molar-refractivity contribution in [3.8, 4) is 11.5 Å². The number of hydrogen-bond acceptors (Lipinski definition) is 4. The first-order valence-corrected chi connectivity index (χ1v) is 8.65. The predicted octanol–water partition coefficient (Wildman–Crippen LogP) is 0.898. The summed E-state index contributed by atoms with van der Waals surface area (Å²) in [6, 6.07) is 11.0. The van der Waals surface area contributed by atoms with Crippen molar-refractivity contribution in [3.63, 3.8) is 0 Å². The summed E-state index contributed by atoms with van der Waals surface area (Å²) in [5.74, 6) is 1.04. The van der Waals surface area contributed by atoms with Crippen LogP contribution in [0.2, 0.25) is 0 Å². The van der Waals surface area contributed by atoms with E-state index in [1.54, 1.807) is 38.5 Å². The molecule has 0 aromatic heterocycles. The highest BCUT2D eigenvalue weighted by atomic mass is 16.5. The number of fused-ring (bicyclic) bond motifs is 2. The van der Waals surface area contributed by atoms with Gasteiger partial charge in [-0.2, -0.15) is 0 Å². The zero-order valence-corrected chi connectivity index (χ0v) is 14.9. The number of carbonyl (C=O) groups is 2. The largest absolute Gasteiger partial charge is 0.493 e. The number of carbonyl (C=O) groups excluding carboxylic acids is 2. The highest BCUT2D eigenvalue weighted by Crippen LogP contribution is 2.31. The maximum absolute atomic E-state index is 12.6. The number of rotatable bonds is 4. The van der Waals surface area contributed by atoms with E-state index in [1.807, 2.05) is 12.1 Å². The second kappa shape index (κ2) is 6.46. The Bertz CT molecular complexity index is 858. The smallest absolute Gasteiger partial charge is 0.265 e. The fourth-order valence-electron chi connectivity index (χ4n) is 3.77. The van der Waals surface area contributed by atoms with E-state index in [-0.39, 0.29) is 11.8 Å². The number of imide groups is 1. The number of hydrogen-bond donors (Lipinski definition) is 1. The van der Waals surface area contributed by atoms with E-state index in [1.165, 1.54) is 20.9 Å². The quantitative estimate of drug-likeness (QED) is 0.830. The molecule has 2 aliphatic heterocycles. The third-order valence-corrected chi connectivity index (χ3v) is 5.15. The molecule has 0 spiro atoms. The van der Waals surface area contributed by atoms with Crippen molar-refractivity contribution in [2.24, 2.45) is 0 Å². The summed E-state index contributed by atoms with van der Waals surface area (Å²) in [7, 11) is 3.25. The molecule has 1 atom stereocenters. The van der Waals surface area contributed by atoms with Crippen LogP contribution in [0.1, 0.15) is 31.8 Å². The summed E-state index contributed by atoms with van der Waals surface area (Å²) in [5.41, 5.74) is 3.40. The second-order valence-electron chi connectivity index (χ2n) is 6.64. The van der Waals surface area contributed by atoms with Gasteiger partial charge in [0.05, 0.1) is 31.9 Å². The first kappa shape index (κ1) is 16.6. The van der Waals surface area contributed by atoms with Crippen molar-refractivity contribution in [1.29, 1.82) is 0 Å². The summed E-state index contributed by atoms with van der Waals surface area (Å²) in [6.45, 7) is 1.97. The Labute approximate surface area is 151 Å². The third-order valence-electron chi connectivity index (χ3n) is 5.15. The first-order valence-electron chi connectivity index (χ1n) is 8.65. The third kappa shape index (κ3) is 2.63. The van der Waals surface area contributed by atoms with Gasteiger partial charge in [0, 0.05) is 12.0 Å². The molecule has 2 aromatic rings. The number of quaternary nitrogens is 1. The fraction of sp³-hybridized carbons (Fsp3) is 0.300. The molecule has 1 N–H and O–H groups in total. The van der Waals surface area contributed by atoms with Gasteiger partial charge in [0.15, 0.2) is 18.2 Å². The van der Waals surface area contributed by atoms with Crippen LogP contribution in [0.3, 0.4) is 0 Å². The molecule has 4 rings (SSSR count). The SMILES string of the molecule is COc1cc2c(cc1OC)C[NH+](CN1C(=O)c3ccccc3C1=O)CC2. The molecule has 6 heteroatoms. The lowest BCUT2D eigenvalue weighted by Gasteiger charge is -2.29. The normalized spacial score (nSPS) is 18.5. The summed E-state index contributed by atoms with van der Waals surface area (Å²) < 4.78 is 10.8. The molecule has 2 heterocycles. The van der Waals surface area contributed by atoms with Crippen LogP contribution in [0.25, 0.3) is 0 Å². The van der Waals surface area contributed by atoms with E-state index in [4.69, 9.17) is 9.47 Å². The summed E-state index contributed by atoms with van der Waals surface area (Å²) in [6.07, 6.45) is 0.869. The Balaban J connectivity index is 1.54. The van der Waals surface area contributed by atoms with Gasteiger partial charge in [-0.3, -0.25) is 9.59 Å². The zero-order valence-electron chi connectivity index (χ0n) is 14.9. The van der Waals surface area contributed by atoms with Crippen molar-refractivity contribution in [3.05, 3.63) is 58.7 Å². The lowest BCUT2D eigenvalue weighted by Crippen LogP contribution is -3.13. The van der Waals surface area contributed by atoms with Crippen LogP contribution in [-0.4, -0.2) is 44.1 Å². The molecule has 0 radical (unpaired) electrons. The van der Waals surface area contributed by atoms with E-state index in [9.17, 15) is 9.59 Å². The Kier molecular flexibility index (Phi) is 4.12. The van der Waals surface area contributed by atoms with E-state index < -0.39 is 0 Å². The molecule has 6 nitrogen and oxygen atoms in total. The fourth-order valence-corrected chi connectivity index (χ4v) is 3.77. The molecular weight excluding hydrogens is 332 g/mol. The summed E-state index contributed by atoms with van der Waals surface area (Å²) >= 11 is 0. The Morgan fingerprint density at radius 2 is 1.54 bits per heavy atom. The van der Waals surface area contributed by atoms with E-state index in [0.29, 0.717) is 23.5 Å². The monoisotopic (exact) mass is 353 g/mol. The minimum absolute atomic E-state index is 0.198. The van der Waals surface area contributed by atoms with Crippen molar-refractivity contribution < 1.29 is 24.0 Å². The highest BCUT2D eigenvalue weighted by molar-refractivity contribution is 6.21. The van der Waals surface area contributed by atoms with Gasteiger partial charge in [0.2, 0.25) is 0 Å². The first-order chi connectivity index (χ1) is 12.6. The van der Waals surface area contributed by atoms with Crippen LogP contribution in [0.5, 0.6) is 11.5 Å². The molecule has 0 fully saturated rings. The Morgan fingerprint density at radius 3 is 2.12 bits per heavy atom. The molecule has 0 bridgehead atoms. The van der Waals surface area contributed by atoms with Crippen LogP contribution >= 0.6 is 0 Å². The van der Waals surface area contributed by atoms with Gasteiger partial charge in [-0.05, 0) is 29.8 Å². The topological polar surface area (TPSA) is 60.3 Å². The van der Waals surface area contributed by atoms with Crippen LogP contribution in [0.4, 0.5) is 0 Å². The van der Waals surface area contributed by atoms with Crippen LogP contribution in [-0.2, 0) is 13.0 Å². The molecule has 134 valence electrons. The molecule has 0 aliphatic carbocycles. The average Bonchev–Trinajstić information content (AvgIpc) is 2.92. The second-order valence-corrected chi connectivity index (χ2v) is 6.64. The van der Waals surface area contributed by atoms with E-state index in [2.05, 4.69) is 0 Å². The number of nitrogens with zero attached hydrogens (tertiary/aromatic N) is 1. The van der Waals surface area contributed by atoms with Crippen LogP contribution in [0.15, 0.2) is 36.4 Å². The van der Waals surface area contributed by atoms with Gasteiger partial charge in [-0.25, -0.2) is 4.90 Å². The number of ether oxygens (including phenoxy) is 2. The minimum atomic E-state index is -0.198. The number of amides is 2. The maximum Gasteiger partial charge on any atom is 0.265 e. The Morgan fingerprint density at radius 1 is 0.962 bits per heavy atom. The van der Waals surface area contributed by atoms with Gasteiger partial charge in [0.25, 0.3) is 11.8 Å². The van der Waals surface area contributed by atoms with Crippen molar-refractivity contribution in [1.82, 2.24) is 4.90 Å². The number of methoxy groups -OCH3 is 2. The van der Waals surface area contributed by atoms with Crippen LogP contribution < -0.4 is 14.4 Å². The van der Waals surface area contributed by atoms with Crippen molar-refractivity contribution in [2.75, 3.05) is 27.4 Å². The maximum atomic E-state index is 12.6. The zero-order chi connectivity index (χ0) is 18.3. The molecule has 1 unspecified atom stereocenters. The average molecular weight is 353 g/mol. The molecule has 2 amide bonds. The minimum Gasteiger partial charge on any atom is -0.493 e. The summed E-state index contributed by atoms with van der Waals surface area (Å²) in [5, 5.41) is 0. The van der Waals surface area contributed by atoms with Gasteiger partial charge in [-0.15, -0.1) is 0 Å². The highest BCUT2D eigenvalue weighted by Gasteiger charge is 2.38. The van der Waals surface area contributed by atoms with Gasteiger partial charge >= 0.3 is 0 Å². The summed E-state index contributed by atoms with van der Waals surface area (Å²) in [4.78, 5) is 27.7. The molecule has 0 saturated heterocycles. The van der Waals surface area contributed by atoms with E-state index >= 15 is 0 Å². The molecular formula is C20H21N2O4+. The predicted molar refractivity (Wildman–Crippen MR) is 94.6 cm³/mol. The van der Waals surface area contributed by atoms with Crippen molar-refractivity contribution in [2.45, 2.75) is 13.0 Å². The molecule has 2 aromatic carbocycles. The van der Waals surface area contributed by atoms with Crippen molar-refractivity contribution >= 4 is 11.8 Å². The van der Waals surface area contributed by atoms with Crippen LogP contribution in [0, 0.1) is 0 Å². The molecule has 0 saturated carbocycles. The Hall–Kier alpha value is -2.86. The van der Waals surface area contributed by atoms with E-state index in [0.717, 1.165) is 25.3 Å². The van der Waals surface area contributed by atoms with Gasteiger partial charge < -0.3 is 14.4 Å². The number of benzene rings is 2. The van der Waals surface area contributed by atoms with Gasteiger partial charge in [0.1, 0.15) is 6.54 Å². The lowest BCUT2D eigenvalue weighted by atomic mass is 9.99. The molecule has 2 aliphatic rings. The number of nitrogens with one attached hydrogen (secondary N) is 1. The standard InChI is InChI=1S/C20H20N2O4/c1-25-17-9-13-7-8-21(11-14(13)10-18(17)26-2)12-22-19(23)15-5-3-4-6-16(15)20(22)24/h3-6,9-10H,7-8,11-12H2,1-2H3/p+1. The molecule has 26 heavy (non-hydrogen) atoms.